The predicted molar refractivity (Wildman–Crippen MR) is 61.3 cm³/mol. The molecule has 0 aliphatic carbocycles. The van der Waals surface area contributed by atoms with Gasteiger partial charge >= 0.3 is 0 Å². The monoisotopic (exact) mass is 258 g/mol. The minimum atomic E-state index is -0.623. The smallest absolute Gasteiger partial charge is 0.125 e. The van der Waals surface area contributed by atoms with Gasteiger partial charge in [0.25, 0.3) is 0 Å². The topological polar surface area (TPSA) is 45.1 Å². The Balaban J connectivity index is 2.35. The highest BCUT2D eigenvalue weighted by Gasteiger charge is 2.11. The first-order valence-corrected chi connectivity index (χ1v) is 5.34. The summed E-state index contributed by atoms with van der Waals surface area (Å²) >= 11 is 3.32. The Labute approximate surface area is 92.7 Å². The SMILES string of the molecule is CC(C)(O)CCNc1ccc(Br)cn1. The van der Waals surface area contributed by atoms with Crippen molar-refractivity contribution in [3.63, 3.8) is 0 Å². The maximum absolute atomic E-state index is 9.47. The number of aromatic nitrogens is 1. The molecular weight excluding hydrogens is 244 g/mol. The highest BCUT2D eigenvalue weighted by molar-refractivity contribution is 9.10. The average Bonchev–Trinajstić information content (AvgIpc) is 2.06. The first-order chi connectivity index (χ1) is 6.47. The fourth-order valence-electron chi connectivity index (χ4n) is 0.977. The number of nitrogens with zero attached hydrogens (tertiary/aromatic N) is 1. The second kappa shape index (κ2) is 4.75. The molecule has 0 saturated heterocycles. The molecule has 0 aliphatic heterocycles. The molecule has 0 aromatic carbocycles. The van der Waals surface area contributed by atoms with Crippen molar-refractivity contribution >= 4 is 21.7 Å². The van der Waals surface area contributed by atoms with Crippen molar-refractivity contribution in [2.75, 3.05) is 11.9 Å². The lowest BCUT2D eigenvalue weighted by molar-refractivity contribution is 0.0748. The van der Waals surface area contributed by atoms with Gasteiger partial charge in [-0.25, -0.2) is 4.98 Å². The Kier molecular flexibility index (Phi) is 3.89. The van der Waals surface area contributed by atoms with Gasteiger partial charge in [-0.3, -0.25) is 0 Å². The summed E-state index contributed by atoms with van der Waals surface area (Å²) in [4.78, 5) is 4.16. The van der Waals surface area contributed by atoms with Crippen LogP contribution in [-0.4, -0.2) is 22.2 Å². The van der Waals surface area contributed by atoms with Gasteiger partial charge in [-0.2, -0.15) is 0 Å². The van der Waals surface area contributed by atoms with E-state index in [4.69, 9.17) is 0 Å². The number of hydrogen-bond donors (Lipinski definition) is 2. The molecule has 0 bridgehead atoms. The van der Waals surface area contributed by atoms with Crippen LogP contribution in [0, 0.1) is 0 Å². The van der Waals surface area contributed by atoms with E-state index in [1.54, 1.807) is 20.0 Å². The van der Waals surface area contributed by atoms with E-state index in [2.05, 4.69) is 26.2 Å². The Morgan fingerprint density at radius 2 is 2.21 bits per heavy atom. The van der Waals surface area contributed by atoms with Crippen LogP contribution in [0.25, 0.3) is 0 Å². The second-order valence-corrected chi connectivity index (χ2v) is 4.77. The Hall–Kier alpha value is -0.610. The van der Waals surface area contributed by atoms with Crippen molar-refractivity contribution < 1.29 is 5.11 Å². The molecule has 1 aromatic rings. The molecule has 1 heterocycles. The standard InChI is InChI=1S/C10H15BrN2O/c1-10(2,14)5-6-12-9-4-3-8(11)7-13-9/h3-4,7,14H,5-6H2,1-2H3,(H,12,13). The third kappa shape index (κ3) is 4.58. The van der Waals surface area contributed by atoms with Gasteiger partial charge in [0.1, 0.15) is 5.82 Å². The van der Waals surface area contributed by atoms with Gasteiger partial charge < -0.3 is 10.4 Å². The van der Waals surface area contributed by atoms with E-state index >= 15 is 0 Å². The molecular formula is C10H15BrN2O. The minimum absolute atomic E-state index is 0.623. The molecule has 0 fully saturated rings. The van der Waals surface area contributed by atoms with Crippen molar-refractivity contribution in [2.24, 2.45) is 0 Å². The van der Waals surface area contributed by atoms with Crippen LogP contribution in [-0.2, 0) is 0 Å². The molecule has 0 amide bonds. The van der Waals surface area contributed by atoms with E-state index in [1.807, 2.05) is 12.1 Å². The lowest BCUT2D eigenvalue weighted by Gasteiger charge is -2.17. The van der Waals surface area contributed by atoms with Crippen molar-refractivity contribution in [2.45, 2.75) is 25.9 Å². The summed E-state index contributed by atoms with van der Waals surface area (Å²) in [5.74, 6) is 0.831. The molecule has 0 saturated carbocycles. The van der Waals surface area contributed by atoms with Crippen LogP contribution in [0.3, 0.4) is 0 Å². The first-order valence-electron chi connectivity index (χ1n) is 4.55. The Morgan fingerprint density at radius 3 is 2.71 bits per heavy atom. The molecule has 14 heavy (non-hydrogen) atoms. The Morgan fingerprint density at radius 1 is 1.50 bits per heavy atom. The number of hydrogen-bond acceptors (Lipinski definition) is 3. The van der Waals surface area contributed by atoms with Gasteiger partial charge in [0, 0.05) is 17.2 Å². The molecule has 0 spiro atoms. The molecule has 0 radical (unpaired) electrons. The van der Waals surface area contributed by atoms with Crippen LogP contribution < -0.4 is 5.32 Å². The van der Waals surface area contributed by atoms with Crippen LogP contribution >= 0.6 is 15.9 Å². The molecule has 2 N–H and O–H groups in total. The van der Waals surface area contributed by atoms with Gasteiger partial charge in [0.15, 0.2) is 0 Å². The molecule has 0 aliphatic rings. The summed E-state index contributed by atoms with van der Waals surface area (Å²) in [6.45, 7) is 4.31. The average molecular weight is 259 g/mol. The van der Waals surface area contributed by atoms with E-state index in [0.717, 1.165) is 16.8 Å². The summed E-state index contributed by atoms with van der Waals surface area (Å²) in [6.07, 6.45) is 2.44. The number of aliphatic hydroxyl groups is 1. The van der Waals surface area contributed by atoms with Gasteiger partial charge in [0.2, 0.25) is 0 Å². The lowest BCUT2D eigenvalue weighted by atomic mass is 10.1. The molecule has 0 atom stereocenters. The van der Waals surface area contributed by atoms with Gasteiger partial charge in [0.05, 0.1) is 5.60 Å². The lowest BCUT2D eigenvalue weighted by Crippen LogP contribution is -2.22. The molecule has 4 heteroatoms. The van der Waals surface area contributed by atoms with Crippen LogP contribution in [0.15, 0.2) is 22.8 Å². The number of pyridine rings is 1. The van der Waals surface area contributed by atoms with E-state index in [9.17, 15) is 5.11 Å². The quantitative estimate of drug-likeness (QED) is 0.872. The van der Waals surface area contributed by atoms with Crippen LogP contribution in [0.4, 0.5) is 5.82 Å². The van der Waals surface area contributed by atoms with Crippen molar-refractivity contribution in [1.82, 2.24) is 4.98 Å². The van der Waals surface area contributed by atoms with Crippen LogP contribution in [0.5, 0.6) is 0 Å². The van der Waals surface area contributed by atoms with Crippen LogP contribution in [0.1, 0.15) is 20.3 Å². The Bertz CT molecular complexity index is 279. The fourth-order valence-corrected chi connectivity index (χ4v) is 1.21. The van der Waals surface area contributed by atoms with E-state index in [1.165, 1.54) is 0 Å². The zero-order chi connectivity index (χ0) is 10.6. The summed E-state index contributed by atoms with van der Waals surface area (Å²) in [6, 6.07) is 3.83. The number of halogens is 1. The zero-order valence-electron chi connectivity index (χ0n) is 8.42. The summed E-state index contributed by atoms with van der Waals surface area (Å²) < 4.78 is 0.963. The van der Waals surface area contributed by atoms with Crippen LogP contribution in [0.2, 0.25) is 0 Å². The fraction of sp³-hybridized carbons (Fsp3) is 0.500. The molecule has 78 valence electrons. The van der Waals surface area contributed by atoms with E-state index in [-0.39, 0.29) is 0 Å². The predicted octanol–water partition coefficient (Wildman–Crippen LogP) is 2.42. The highest BCUT2D eigenvalue weighted by atomic mass is 79.9. The summed E-state index contributed by atoms with van der Waals surface area (Å²) in [5, 5.41) is 12.6. The van der Waals surface area contributed by atoms with E-state index in [0.29, 0.717) is 6.42 Å². The number of nitrogens with one attached hydrogen (secondary N) is 1. The maximum atomic E-state index is 9.47. The normalized spacial score (nSPS) is 11.4. The first kappa shape index (κ1) is 11.5. The maximum Gasteiger partial charge on any atom is 0.125 e. The summed E-state index contributed by atoms with van der Waals surface area (Å²) in [7, 11) is 0. The number of rotatable bonds is 4. The molecule has 1 rings (SSSR count). The summed E-state index contributed by atoms with van der Waals surface area (Å²) in [5.41, 5.74) is -0.623. The third-order valence-corrected chi connectivity index (χ3v) is 2.24. The van der Waals surface area contributed by atoms with Gasteiger partial charge in [-0.15, -0.1) is 0 Å². The van der Waals surface area contributed by atoms with Gasteiger partial charge in [-0.1, -0.05) is 0 Å². The highest BCUT2D eigenvalue weighted by Crippen LogP contribution is 2.11. The van der Waals surface area contributed by atoms with E-state index < -0.39 is 5.60 Å². The minimum Gasteiger partial charge on any atom is -0.390 e. The largest absolute Gasteiger partial charge is 0.390 e. The molecule has 3 nitrogen and oxygen atoms in total. The van der Waals surface area contributed by atoms with Crippen molar-refractivity contribution in [3.8, 4) is 0 Å². The zero-order valence-corrected chi connectivity index (χ0v) is 10.0. The second-order valence-electron chi connectivity index (χ2n) is 3.85. The van der Waals surface area contributed by atoms with Gasteiger partial charge in [-0.05, 0) is 48.3 Å². The third-order valence-electron chi connectivity index (χ3n) is 1.77. The van der Waals surface area contributed by atoms with Crippen molar-refractivity contribution in [3.05, 3.63) is 22.8 Å². The number of anilines is 1. The van der Waals surface area contributed by atoms with Crippen molar-refractivity contribution in [1.29, 1.82) is 0 Å². The molecule has 0 unspecified atom stereocenters. The molecule has 1 aromatic heterocycles.